The molecule has 0 aliphatic carbocycles. The van der Waals surface area contributed by atoms with E-state index in [-0.39, 0.29) is 16.9 Å². The summed E-state index contributed by atoms with van der Waals surface area (Å²) in [6.07, 6.45) is 0. The maximum absolute atomic E-state index is 11.3. The Morgan fingerprint density at radius 3 is 2.30 bits per heavy atom. The normalized spacial score (nSPS) is 11.6. The first-order valence-electron chi connectivity index (χ1n) is 8.72. The van der Waals surface area contributed by atoms with Crippen LogP contribution >= 0.6 is 15.9 Å². The van der Waals surface area contributed by atoms with Crippen LogP contribution in [0.25, 0.3) is 0 Å². The van der Waals surface area contributed by atoms with Gasteiger partial charge in [-0.2, -0.15) is 0 Å². The van der Waals surface area contributed by atoms with Crippen LogP contribution in [0.2, 0.25) is 0 Å². The van der Waals surface area contributed by atoms with Gasteiger partial charge in [-0.1, -0.05) is 48.0 Å². The van der Waals surface area contributed by atoms with Crippen LogP contribution in [-0.4, -0.2) is 30.0 Å². The quantitative estimate of drug-likeness (QED) is 0.467. The highest BCUT2D eigenvalue weighted by molar-refractivity contribution is 9.10. The fourth-order valence-corrected chi connectivity index (χ4v) is 3.18. The molecule has 2 N–H and O–H groups in total. The van der Waals surface area contributed by atoms with Gasteiger partial charge in [0.1, 0.15) is 0 Å². The van der Waals surface area contributed by atoms with Crippen LogP contribution < -0.4 is 10.5 Å². The zero-order valence-electron chi connectivity index (χ0n) is 15.9. The van der Waals surface area contributed by atoms with Gasteiger partial charge in [0.05, 0.1) is 12.0 Å². The van der Waals surface area contributed by atoms with Gasteiger partial charge in [-0.05, 0) is 41.3 Å². The number of ether oxygens (including phenoxy) is 1. The first kappa shape index (κ1) is 21.3. The zero-order chi connectivity index (χ0) is 20.0. The lowest BCUT2D eigenvalue weighted by atomic mass is 9.92. The monoisotopic (exact) mass is 435 g/mol. The molecule has 146 valence electrons. The third-order valence-electron chi connectivity index (χ3n) is 4.37. The van der Waals surface area contributed by atoms with E-state index in [1.54, 1.807) is 12.1 Å². The highest BCUT2D eigenvalue weighted by Crippen LogP contribution is 2.29. The molecule has 27 heavy (non-hydrogen) atoms. The molecule has 6 nitrogen and oxygen atoms in total. The molecule has 0 unspecified atom stereocenters. The van der Waals surface area contributed by atoms with E-state index >= 15 is 0 Å². The van der Waals surface area contributed by atoms with Gasteiger partial charge in [0.25, 0.3) is 0 Å². The molecular formula is C20H26BrN3O3. The zero-order valence-corrected chi connectivity index (χ0v) is 17.5. The minimum absolute atomic E-state index is 0.0170. The minimum atomic E-state index is -0.411. The van der Waals surface area contributed by atoms with Gasteiger partial charge in [0, 0.05) is 30.2 Å². The second-order valence-corrected chi connectivity index (χ2v) is 8.32. The van der Waals surface area contributed by atoms with Gasteiger partial charge in [-0.25, -0.2) is 0 Å². The Morgan fingerprint density at radius 2 is 1.74 bits per heavy atom. The molecule has 0 amide bonds. The molecule has 0 saturated carbocycles. The van der Waals surface area contributed by atoms with Crippen LogP contribution in [0.1, 0.15) is 25.0 Å². The van der Waals surface area contributed by atoms with Crippen molar-refractivity contribution in [1.29, 1.82) is 0 Å². The Bertz CT molecular complexity index is 779. The van der Waals surface area contributed by atoms with Gasteiger partial charge in [-0.15, -0.1) is 0 Å². The summed E-state index contributed by atoms with van der Waals surface area (Å²) in [6, 6.07) is 13.3. The lowest BCUT2D eigenvalue weighted by molar-refractivity contribution is -0.385. The fourth-order valence-electron chi connectivity index (χ4n) is 2.92. The molecule has 2 aromatic rings. The molecule has 0 aliphatic rings. The number of methoxy groups -OCH3 is 1. The number of hydrogen-bond donors (Lipinski definition) is 1. The van der Waals surface area contributed by atoms with Crippen LogP contribution in [0.3, 0.4) is 0 Å². The summed E-state index contributed by atoms with van der Waals surface area (Å²) in [6.45, 7) is 6.91. The molecule has 7 heteroatoms. The van der Waals surface area contributed by atoms with E-state index < -0.39 is 4.92 Å². The molecule has 0 spiro atoms. The highest BCUT2D eigenvalue weighted by atomic mass is 79.9. The summed E-state index contributed by atoms with van der Waals surface area (Å²) < 4.78 is 6.13. The van der Waals surface area contributed by atoms with Crippen molar-refractivity contribution in [1.82, 2.24) is 4.90 Å². The molecule has 0 aromatic heterocycles. The third-order valence-corrected chi connectivity index (χ3v) is 4.90. The van der Waals surface area contributed by atoms with Crippen molar-refractivity contribution in [2.45, 2.75) is 26.9 Å². The number of nitrogens with zero attached hydrogens (tertiary/aromatic N) is 2. The average molecular weight is 436 g/mol. The summed E-state index contributed by atoms with van der Waals surface area (Å²) in [4.78, 5) is 13.2. The molecule has 2 rings (SSSR count). The third kappa shape index (κ3) is 6.30. The molecular weight excluding hydrogens is 410 g/mol. The molecule has 0 heterocycles. The van der Waals surface area contributed by atoms with E-state index in [4.69, 9.17) is 10.5 Å². The SMILES string of the molecule is COc1ccc(CN(Cc2ccc(Br)cc2)CC(C)(C)CN)cc1[N+](=O)[O-]. The maximum atomic E-state index is 11.3. The largest absolute Gasteiger partial charge is 0.490 e. The number of hydrogen-bond acceptors (Lipinski definition) is 5. The van der Waals surface area contributed by atoms with Crippen molar-refractivity contribution >= 4 is 21.6 Å². The Balaban J connectivity index is 2.26. The predicted molar refractivity (Wildman–Crippen MR) is 111 cm³/mol. The smallest absolute Gasteiger partial charge is 0.311 e. The molecule has 2 aromatic carbocycles. The van der Waals surface area contributed by atoms with E-state index in [1.807, 2.05) is 18.2 Å². The van der Waals surface area contributed by atoms with E-state index in [0.717, 1.165) is 23.1 Å². The predicted octanol–water partition coefficient (Wildman–Crippen LogP) is 4.35. The number of nitrogens with two attached hydrogens (primary N) is 1. The Morgan fingerprint density at radius 1 is 1.15 bits per heavy atom. The van der Waals surface area contributed by atoms with E-state index in [0.29, 0.717) is 13.1 Å². The number of rotatable bonds is 9. The number of nitro benzene ring substituents is 1. The van der Waals surface area contributed by atoms with Gasteiger partial charge in [0.15, 0.2) is 5.75 Å². The van der Waals surface area contributed by atoms with E-state index in [9.17, 15) is 10.1 Å². The van der Waals surface area contributed by atoms with Crippen LogP contribution in [0.5, 0.6) is 5.75 Å². The number of halogens is 1. The maximum Gasteiger partial charge on any atom is 0.311 e. The van der Waals surface area contributed by atoms with Gasteiger partial charge < -0.3 is 10.5 Å². The van der Waals surface area contributed by atoms with Gasteiger partial charge >= 0.3 is 5.69 Å². The first-order chi connectivity index (χ1) is 12.7. The van der Waals surface area contributed by atoms with E-state index in [2.05, 4.69) is 46.8 Å². The summed E-state index contributed by atoms with van der Waals surface area (Å²) >= 11 is 3.45. The summed E-state index contributed by atoms with van der Waals surface area (Å²) in [7, 11) is 1.44. The lowest BCUT2D eigenvalue weighted by Crippen LogP contribution is -2.38. The molecule has 0 radical (unpaired) electrons. The molecule has 0 fully saturated rings. The average Bonchev–Trinajstić information content (AvgIpc) is 2.63. The molecule has 0 bridgehead atoms. The standard InChI is InChI=1S/C20H26BrN3O3/c1-20(2,13-22)14-23(11-15-4-7-17(21)8-5-15)12-16-6-9-19(27-3)18(10-16)24(25)26/h4-10H,11-14,22H2,1-3H3. The number of nitro groups is 1. The Hall–Kier alpha value is -1.96. The minimum Gasteiger partial charge on any atom is -0.490 e. The Labute approximate surface area is 168 Å². The second-order valence-electron chi connectivity index (χ2n) is 7.40. The molecule has 0 aliphatic heterocycles. The van der Waals surface area contributed by atoms with Crippen LogP contribution in [-0.2, 0) is 13.1 Å². The van der Waals surface area contributed by atoms with Gasteiger partial charge in [0.2, 0.25) is 0 Å². The topological polar surface area (TPSA) is 81.6 Å². The van der Waals surface area contributed by atoms with Crippen molar-refractivity contribution in [3.05, 3.63) is 68.2 Å². The summed E-state index contributed by atoms with van der Waals surface area (Å²) in [5, 5.41) is 11.3. The van der Waals surface area contributed by atoms with E-state index in [1.165, 1.54) is 12.7 Å². The van der Waals surface area contributed by atoms with Crippen molar-refractivity contribution in [3.63, 3.8) is 0 Å². The lowest BCUT2D eigenvalue weighted by Gasteiger charge is -2.32. The van der Waals surface area contributed by atoms with Crippen molar-refractivity contribution in [2.75, 3.05) is 20.2 Å². The second kappa shape index (κ2) is 9.30. The number of benzene rings is 2. The van der Waals surface area contributed by atoms with Crippen LogP contribution in [0.15, 0.2) is 46.9 Å². The summed E-state index contributed by atoms with van der Waals surface area (Å²) in [5.74, 6) is 0.269. The van der Waals surface area contributed by atoms with Crippen molar-refractivity contribution in [2.24, 2.45) is 11.1 Å². The van der Waals surface area contributed by atoms with Crippen molar-refractivity contribution in [3.8, 4) is 5.75 Å². The first-order valence-corrected chi connectivity index (χ1v) is 9.51. The highest BCUT2D eigenvalue weighted by Gasteiger charge is 2.22. The Kier molecular flexibility index (Phi) is 7.35. The van der Waals surface area contributed by atoms with Crippen molar-refractivity contribution < 1.29 is 9.66 Å². The van der Waals surface area contributed by atoms with Gasteiger partial charge in [-0.3, -0.25) is 15.0 Å². The summed E-state index contributed by atoms with van der Waals surface area (Å²) in [5.41, 5.74) is 7.89. The molecule has 0 atom stereocenters. The fraction of sp³-hybridized carbons (Fsp3) is 0.400. The van der Waals surface area contributed by atoms with Crippen LogP contribution in [0, 0.1) is 15.5 Å². The molecule has 0 saturated heterocycles. The van der Waals surface area contributed by atoms with Crippen LogP contribution in [0.4, 0.5) is 5.69 Å².